The fourth-order valence-electron chi connectivity index (χ4n) is 1.48. The number of nitrogens with zero attached hydrogens (tertiary/aromatic N) is 1. The molecule has 0 unspecified atom stereocenters. The molecule has 7 heteroatoms. The van der Waals surface area contributed by atoms with Crippen LogP contribution in [0, 0.1) is 15.9 Å². The van der Waals surface area contributed by atoms with Gasteiger partial charge in [-0.25, -0.2) is 9.18 Å². The molecule has 1 aromatic carbocycles. The summed E-state index contributed by atoms with van der Waals surface area (Å²) in [6.45, 7) is 1.44. The number of nitro groups is 1. The molecule has 0 bridgehead atoms. The normalized spacial score (nSPS) is 12.3. The van der Waals surface area contributed by atoms with Crippen LogP contribution in [-0.2, 0) is 4.79 Å². The van der Waals surface area contributed by atoms with Gasteiger partial charge in [-0.3, -0.25) is 10.1 Å². The Balaban J connectivity index is 3.37. The minimum Gasteiger partial charge on any atom is -0.478 e. The first-order valence-electron chi connectivity index (χ1n) is 5.14. The van der Waals surface area contributed by atoms with Crippen molar-refractivity contribution in [2.75, 3.05) is 0 Å². The Bertz CT molecular complexity index is 593. The van der Waals surface area contributed by atoms with Gasteiger partial charge < -0.3 is 10.8 Å². The molecule has 0 aliphatic rings. The van der Waals surface area contributed by atoms with Gasteiger partial charge in [0.1, 0.15) is 5.82 Å². The van der Waals surface area contributed by atoms with E-state index in [1.54, 1.807) is 0 Å². The van der Waals surface area contributed by atoms with Crippen LogP contribution in [0.3, 0.4) is 0 Å². The van der Waals surface area contributed by atoms with Crippen LogP contribution in [0.15, 0.2) is 36.0 Å². The zero-order valence-corrected chi connectivity index (χ0v) is 9.96. The summed E-state index contributed by atoms with van der Waals surface area (Å²) < 4.78 is 13.1. The monoisotopic (exact) mass is 266 g/mol. The van der Waals surface area contributed by atoms with Crippen LogP contribution in [0.25, 0.3) is 5.57 Å². The minimum absolute atomic E-state index is 0.00519. The number of aliphatic carboxylic acids is 1. The number of hydrogen-bond donors (Lipinski definition) is 2. The molecule has 0 spiro atoms. The predicted octanol–water partition coefficient (Wildman–Crippen LogP) is 2.06. The molecule has 0 heterocycles. The lowest BCUT2D eigenvalue weighted by atomic mass is 10.0. The summed E-state index contributed by atoms with van der Waals surface area (Å²) >= 11 is 0. The molecule has 0 aliphatic heterocycles. The van der Waals surface area contributed by atoms with E-state index in [2.05, 4.69) is 0 Å². The maximum atomic E-state index is 13.1. The van der Waals surface area contributed by atoms with Gasteiger partial charge in [-0.05, 0) is 30.7 Å². The van der Waals surface area contributed by atoms with E-state index in [9.17, 15) is 19.3 Å². The highest BCUT2D eigenvalue weighted by Gasteiger charge is 2.16. The molecule has 1 aromatic rings. The van der Waals surface area contributed by atoms with Crippen molar-refractivity contribution in [2.24, 2.45) is 5.73 Å². The molecule has 100 valence electrons. The maximum absolute atomic E-state index is 13.1. The molecule has 0 radical (unpaired) electrons. The summed E-state index contributed by atoms with van der Waals surface area (Å²) in [5, 5.41) is 19.6. The zero-order chi connectivity index (χ0) is 14.6. The highest BCUT2D eigenvalue weighted by atomic mass is 19.1. The highest BCUT2D eigenvalue weighted by Crippen LogP contribution is 2.27. The Morgan fingerprint density at radius 3 is 2.63 bits per heavy atom. The molecule has 0 saturated heterocycles. The van der Waals surface area contributed by atoms with Gasteiger partial charge in [0.2, 0.25) is 0 Å². The first-order valence-corrected chi connectivity index (χ1v) is 5.14. The van der Waals surface area contributed by atoms with Gasteiger partial charge >= 0.3 is 5.97 Å². The number of carboxylic acid groups (broad SMARTS) is 1. The molecule has 0 atom stereocenters. The van der Waals surface area contributed by atoms with E-state index in [0.717, 1.165) is 30.5 Å². The molecule has 0 amide bonds. The molecule has 1 rings (SSSR count). The van der Waals surface area contributed by atoms with E-state index in [1.807, 2.05) is 0 Å². The molecule has 0 saturated carbocycles. The van der Waals surface area contributed by atoms with Crippen LogP contribution < -0.4 is 5.73 Å². The van der Waals surface area contributed by atoms with Crippen LogP contribution in [0.4, 0.5) is 10.1 Å². The van der Waals surface area contributed by atoms with E-state index in [1.165, 1.54) is 6.92 Å². The molecule has 3 N–H and O–H groups in total. The van der Waals surface area contributed by atoms with E-state index in [-0.39, 0.29) is 22.4 Å². The lowest BCUT2D eigenvalue weighted by Crippen LogP contribution is -2.02. The molecular formula is C12H11FN2O4. The number of nitro benzene ring substituents is 1. The van der Waals surface area contributed by atoms with E-state index in [0.29, 0.717) is 0 Å². The third-order valence-electron chi connectivity index (χ3n) is 2.38. The third kappa shape index (κ3) is 3.38. The second-order valence-corrected chi connectivity index (χ2v) is 3.67. The summed E-state index contributed by atoms with van der Waals surface area (Å²) in [4.78, 5) is 20.9. The summed E-state index contributed by atoms with van der Waals surface area (Å²) in [5.41, 5.74) is 4.82. The fourth-order valence-corrected chi connectivity index (χ4v) is 1.48. The second kappa shape index (κ2) is 5.76. The second-order valence-electron chi connectivity index (χ2n) is 3.67. The number of hydrogen-bond acceptors (Lipinski definition) is 4. The van der Waals surface area contributed by atoms with Gasteiger partial charge in [-0.2, -0.15) is 0 Å². The molecule has 0 aliphatic carbocycles. The predicted molar refractivity (Wildman–Crippen MR) is 66.6 cm³/mol. The van der Waals surface area contributed by atoms with Crippen molar-refractivity contribution >= 4 is 17.2 Å². The summed E-state index contributed by atoms with van der Waals surface area (Å²) in [5.74, 6) is -1.93. The van der Waals surface area contributed by atoms with E-state index >= 15 is 0 Å². The Labute approximate surface area is 107 Å². The standard InChI is InChI=1S/C12H11FN2O4/c1-7(4-8(6-14)12(16)17)10-5-9(13)2-3-11(10)15(18)19/h2-6H,14H2,1H3,(H,16,17)/b7-4+,8-6+. The lowest BCUT2D eigenvalue weighted by molar-refractivity contribution is -0.385. The highest BCUT2D eigenvalue weighted by molar-refractivity contribution is 5.92. The van der Waals surface area contributed by atoms with Crippen molar-refractivity contribution in [3.05, 3.63) is 57.5 Å². The Morgan fingerprint density at radius 2 is 2.16 bits per heavy atom. The van der Waals surface area contributed by atoms with Crippen molar-refractivity contribution in [1.29, 1.82) is 0 Å². The maximum Gasteiger partial charge on any atom is 0.337 e. The van der Waals surface area contributed by atoms with Crippen molar-refractivity contribution in [3.63, 3.8) is 0 Å². The lowest BCUT2D eigenvalue weighted by Gasteiger charge is -2.04. The first kappa shape index (κ1) is 14.4. The molecular weight excluding hydrogens is 255 g/mol. The van der Waals surface area contributed by atoms with Crippen LogP contribution in [0.1, 0.15) is 12.5 Å². The van der Waals surface area contributed by atoms with Gasteiger partial charge in [0.25, 0.3) is 5.69 Å². The molecule has 0 aromatic heterocycles. The van der Waals surface area contributed by atoms with Crippen molar-refractivity contribution in [3.8, 4) is 0 Å². The van der Waals surface area contributed by atoms with Crippen molar-refractivity contribution < 1.29 is 19.2 Å². The molecule has 0 fully saturated rings. The van der Waals surface area contributed by atoms with Crippen LogP contribution in [0.2, 0.25) is 0 Å². The Morgan fingerprint density at radius 1 is 1.53 bits per heavy atom. The van der Waals surface area contributed by atoms with Gasteiger partial charge in [-0.15, -0.1) is 0 Å². The molecule has 6 nitrogen and oxygen atoms in total. The number of carboxylic acids is 1. The van der Waals surface area contributed by atoms with Gasteiger partial charge in [0.05, 0.1) is 16.1 Å². The van der Waals surface area contributed by atoms with Crippen LogP contribution in [0.5, 0.6) is 0 Å². The number of nitrogens with two attached hydrogens (primary N) is 1. The Hall–Kier alpha value is -2.70. The third-order valence-corrected chi connectivity index (χ3v) is 2.38. The topological polar surface area (TPSA) is 106 Å². The number of carbonyl (C=O) groups is 1. The Kier molecular flexibility index (Phi) is 4.36. The molecule has 19 heavy (non-hydrogen) atoms. The number of benzene rings is 1. The van der Waals surface area contributed by atoms with E-state index < -0.39 is 16.7 Å². The van der Waals surface area contributed by atoms with Gasteiger partial charge in [0, 0.05) is 12.3 Å². The summed E-state index contributed by atoms with van der Waals surface area (Å²) in [7, 11) is 0. The summed E-state index contributed by atoms with van der Waals surface area (Å²) in [6.07, 6.45) is 2.00. The van der Waals surface area contributed by atoms with Crippen molar-refractivity contribution in [2.45, 2.75) is 6.92 Å². The summed E-state index contributed by atoms with van der Waals surface area (Å²) in [6, 6.07) is 2.96. The number of rotatable bonds is 4. The first-order chi connectivity index (χ1) is 8.86. The number of halogens is 1. The minimum atomic E-state index is -1.28. The largest absolute Gasteiger partial charge is 0.478 e. The van der Waals surface area contributed by atoms with Crippen LogP contribution in [-0.4, -0.2) is 16.0 Å². The zero-order valence-electron chi connectivity index (χ0n) is 9.96. The average molecular weight is 266 g/mol. The number of allylic oxidation sites excluding steroid dienone is 1. The average Bonchev–Trinajstić information content (AvgIpc) is 2.34. The smallest absolute Gasteiger partial charge is 0.337 e. The van der Waals surface area contributed by atoms with Gasteiger partial charge in [0.15, 0.2) is 0 Å². The van der Waals surface area contributed by atoms with E-state index in [4.69, 9.17) is 10.8 Å². The SMILES string of the molecule is C/C(=C\C(=C/N)C(=O)O)c1cc(F)ccc1[N+](=O)[O-]. The van der Waals surface area contributed by atoms with Gasteiger partial charge in [-0.1, -0.05) is 0 Å². The van der Waals surface area contributed by atoms with Crippen molar-refractivity contribution in [1.82, 2.24) is 0 Å². The quantitative estimate of drug-likeness (QED) is 0.375. The van der Waals surface area contributed by atoms with Crippen LogP contribution >= 0.6 is 0 Å². The fraction of sp³-hybridized carbons (Fsp3) is 0.0833.